The number of amides is 1. The number of hydrogen-bond acceptors (Lipinski definition) is 3. The first-order valence-electron chi connectivity index (χ1n) is 6.23. The molecular weight excluding hydrogens is 242 g/mol. The average Bonchev–Trinajstić information content (AvgIpc) is 3.01. The van der Waals surface area contributed by atoms with Crippen LogP contribution in [0.25, 0.3) is 0 Å². The summed E-state index contributed by atoms with van der Waals surface area (Å²) in [6.45, 7) is 0. The van der Waals surface area contributed by atoms with E-state index in [0.29, 0.717) is 5.56 Å². The molecule has 1 aromatic carbocycles. The van der Waals surface area contributed by atoms with Crippen LogP contribution in [-0.2, 0) is 5.54 Å². The van der Waals surface area contributed by atoms with Gasteiger partial charge in [-0.05, 0) is 25.0 Å². The second-order valence-electron chi connectivity index (χ2n) is 4.75. The summed E-state index contributed by atoms with van der Waals surface area (Å²) in [4.78, 5) is 12.1. The van der Waals surface area contributed by atoms with Crippen LogP contribution >= 0.6 is 0 Å². The number of methoxy groups -OCH3 is 1. The van der Waals surface area contributed by atoms with Gasteiger partial charge in [0.15, 0.2) is 0 Å². The van der Waals surface area contributed by atoms with Crippen LogP contribution in [0.2, 0.25) is 0 Å². The Balaban J connectivity index is 1.86. The third kappa shape index (κ3) is 2.10. The molecule has 0 aliphatic heterocycles. The van der Waals surface area contributed by atoms with Gasteiger partial charge in [0.05, 0.1) is 24.5 Å². The number of para-hydroxylation sites is 1. The lowest BCUT2D eigenvalue weighted by molar-refractivity contribution is 0.0929. The highest BCUT2D eigenvalue weighted by Gasteiger charge is 2.47. The summed E-state index contributed by atoms with van der Waals surface area (Å²) in [7, 11) is 1.65. The summed E-state index contributed by atoms with van der Waals surface area (Å²) in [6, 6.07) is 9.47. The number of ether oxygens (including phenoxy) is 1. The smallest absolute Gasteiger partial charge is 0.255 e. The van der Waals surface area contributed by atoms with Crippen LogP contribution in [-0.4, -0.2) is 13.0 Å². The van der Waals surface area contributed by atoms with E-state index in [-0.39, 0.29) is 11.4 Å². The molecule has 0 atom stereocenters. The molecule has 4 heteroatoms. The number of benzene rings is 1. The largest absolute Gasteiger partial charge is 0.496 e. The van der Waals surface area contributed by atoms with Crippen molar-refractivity contribution in [2.45, 2.75) is 18.4 Å². The van der Waals surface area contributed by atoms with Crippen LogP contribution in [0.3, 0.4) is 0 Å². The molecule has 1 heterocycles. The van der Waals surface area contributed by atoms with Crippen molar-refractivity contribution >= 4 is 5.91 Å². The van der Waals surface area contributed by atoms with Gasteiger partial charge in [-0.2, -0.15) is 0 Å². The van der Waals surface area contributed by atoms with E-state index in [9.17, 15) is 4.79 Å². The fourth-order valence-corrected chi connectivity index (χ4v) is 2.31. The summed E-state index contributed by atoms with van der Waals surface area (Å²) < 4.78 is 10.3. The van der Waals surface area contributed by atoms with Gasteiger partial charge >= 0.3 is 0 Å². The Kier molecular flexibility index (Phi) is 2.78. The van der Waals surface area contributed by atoms with E-state index < -0.39 is 0 Å². The second-order valence-corrected chi connectivity index (χ2v) is 4.75. The highest BCUT2D eigenvalue weighted by molar-refractivity contribution is 5.94. The predicted molar refractivity (Wildman–Crippen MR) is 70.1 cm³/mol. The number of furan rings is 1. The molecule has 0 spiro atoms. The monoisotopic (exact) mass is 257 g/mol. The summed E-state index contributed by atoms with van der Waals surface area (Å²) >= 11 is 0. The third-order valence-electron chi connectivity index (χ3n) is 3.51. The van der Waals surface area contributed by atoms with Gasteiger partial charge in [0.2, 0.25) is 0 Å². The fourth-order valence-electron chi connectivity index (χ4n) is 2.31. The van der Waals surface area contributed by atoms with Crippen molar-refractivity contribution in [1.82, 2.24) is 5.32 Å². The van der Waals surface area contributed by atoms with Crippen LogP contribution in [0.1, 0.15) is 28.8 Å². The molecule has 1 fully saturated rings. The van der Waals surface area contributed by atoms with E-state index in [1.807, 2.05) is 24.3 Å². The van der Waals surface area contributed by atoms with Gasteiger partial charge in [-0.3, -0.25) is 4.79 Å². The Labute approximate surface area is 111 Å². The van der Waals surface area contributed by atoms with Crippen LogP contribution in [0.5, 0.6) is 5.75 Å². The number of carbonyl (C=O) groups excluding carboxylic acids is 1. The molecule has 1 saturated carbocycles. The first kappa shape index (κ1) is 11.8. The molecule has 1 aliphatic carbocycles. The highest BCUT2D eigenvalue weighted by Crippen LogP contribution is 2.48. The zero-order valence-corrected chi connectivity index (χ0v) is 10.7. The lowest BCUT2D eigenvalue weighted by Gasteiger charge is -2.20. The van der Waals surface area contributed by atoms with Gasteiger partial charge in [0, 0.05) is 5.56 Å². The van der Waals surface area contributed by atoms with Crippen LogP contribution in [0, 0.1) is 0 Å². The first-order valence-corrected chi connectivity index (χ1v) is 6.23. The van der Waals surface area contributed by atoms with Gasteiger partial charge < -0.3 is 14.5 Å². The third-order valence-corrected chi connectivity index (χ3v) is 3.51. The number of carbonyl (C=O) groups is 1. The SMILES string of the molecule is COc1ccccc1C1(NC(=O)c2ccoc2)CC1. The molecule has 3 rings (SSSR count). The summed E-state index contributed by atoms with van der Waals surface area (Å²) in [5.74, 6) is 0.699. The number of hydrogen-bond donors (Lipinski definition) is 1. The van der Waals surface area contributed by atoms with Gasteiger partial charge in [0.1, 0.15) is 12.0 Å². The molecule has 98 valence electrons. The predicted octanol–water partition coefficient (Wildman–Crippen LogP) is 2.71. The van der Waals surface area contributed by atoms with Crippen LogP contribution in [0.15, 0.2) is 47.3 Å². The number of nitrogens with one attached hydrogen (secondary N) is 1. The summed E-state index contributed by atoms with van der Waals surface area (Å²) in [5, 5.41) is 3.08. The van der Waals surface area contributed by atoms with Gasteiger partial charge in [-0.25, -0.2) is 0 Å². The van der Waals surface area contributed by atoms with E-state index in [1.165, 1.54) is 12.5 Å². The van der Waals surface area contributed by atoms with Crippen molar-refractivity contribution < 1.29 is 13.9 Å². The minimum atomic E-state index is -0.291. The van der Waals surface area contributed by atoms with Crippen LogP contribution in [0.4, 0.5) is 0 Å². The Morgan fingerprint density at radius 2 is 2.11 bits per heavy atom. The maximum Gasteiger partial charge on any atom is 0.255 e. The molecule has 19 heavy (non-hydrogen) atoms. The molecule has 1 aromatic heterocycles. The van der Waals surface area contributed by atoms with Crippen molar-refractivity contribution in [3.63, 3.8) is 0 Å². The molecule has 4 nitrogen and oxygen atoms in total. The first-order chi connectivity index (χ1) is 9.25. The molecule has 0 saturated heterocycles. The Bertz CT molecular complexity index is 585. The van der Waals surface area contributed by atoms with Crippen molar-refractivity contribution in [2.75, 3.05) is 7.11 Å². The van der Waals surface area contributed by atoms with E-state index in [4.69, 9.17) is 9.15 Å². The quantitative estimate of drug-likeness (QED) is 0.916. The lowest BCUT2D eigenvalue weighted by atomic mass is 10.0. The lowest BCUT2D eigenvalue weighted by Crippen LogP contribution is -2.34. The van der Waals surface area contributed by atoms with E-state index in [0.717, 1.165) is 24.2 Å². The molecule has 2 aromatic rings. The van der Waals surface area contributed by atoms with E-state index in [1.54, 1.807) is 13.2 Å². The van der Waals surface area contributed by atoms with Crippen molar-refractivity contribution in [3.8, 4) is 5.75 Å². The van der Waals surface area contributed by atoms with Crippen molar-refractivity contribution in [1.29, 1.82) is 0 Å². The molecule has 0 bridgehead atoms. The molecule has 0 radical (unpaired) electrons. The molecule has 1 amide bonds. The normalized spacial score (nSPS) is 15.8. The standard InChI is InChI=1S/C15H15NO3/c1-18-13-5-3-2-4-12(13)15(7-8-15)16-14(17)11-6-9-19-10-11/h2-6,9-10H,7-8H2,1H3,(H,16,17). The number of rotatable bonds is 4. The molecular formula is C15H15NO3. The minimum absolute atomic E-state index is 0.114. The summed E-state index contributed by atoms with van der Waals surface area (Å²) in [5.41, 5.74) is 1.29. The van der Waals surface area contributed by atoms with E-state index >= 15 is 0 Å². The Morgan fingerprint density at radius 3 is 2.74 bits per heavy atom. The van der Waals surface area contributed by atoms with Gasteiger partial charge in [-0.1, -0.05) is 18.2 Å². The van der Waals surface area contributed by atoms with E-state index in [2.05, 4.69) is 5.32 Å². The highest BCUT2D eigenvalue weighted by atomic mass is 16.5. The zero-order valence-electron chi connectivity index (χ0n) is 10.7. The summed E-state index contributed by atoms with van der Waals surface area (Å²) in [6.07, 6.45) is 4.80. The van der Waals surface area contributed by atoms with Gasteiger partial charge in [0.25, 0.3) is 5.91 Å². The zero-order chi connectivity index (χ0) is 13.3. The molecule has 0 unspecified atom stereocenters. The fraction of sp³-hybridized carbons (Fsp3) is 0.267. The maximum atomic E-state index is 12.1. The average molecular weight is 257 g/mol. The van der Waals surface area contributed by atoms with Crippen LogP contribution < -0.4 is 10.1 Å². The van der Waals surface area contributed by atoms with Crippen molar-refractivity contribution in [2.24, 2.45) is 0 Å². The topological polar surface area (TPSA) is 51.5 Å². The Morgan fingerprint density at radius 1 is 1.32 bits per heavy atom. The van der Waals surface area contributed by atoms with Crippen molar-refractivity contribution in [3.05, 3.63) is 54.0 Å². The maximum absolute atomic E-state index is 12.1. The van der Waals surface area contributed by atoms with Gasteiger partial charge in [-0.15, -0.1) is 0 Å². The Hall–Kier alpha value is -2.23. The second kappa shape index (κ2) is 4.46. The molecule has 1 N–H and O–H groups in total. The molecule has 1 aliphatic rings. The minimum Gasteiger partial charge on any atom is -0.496 e.